The van der Waals surface area contributed by atoms with Gasteiger partial charge in [0.2, 0.25) is 5.91 Å². The number of carbonyl (C=O) groups excluding carboxylic acids is 1. The largest absolute Gasteiger partial charge is 0.497 e. The van der Waals surface area contributed by atoms with Crippen LogP contribution in [0.5, 0.6) is 5.75 Å². The average molecular weight is 463 g/mol. The molecule has 1 aliphatic rings. The number of hydrogen-bond acceptors (Lipinski definition) is 5. The lowest BCUT2D eigenvalue weighted by Crippen LogP contribution is -2.28. The van der Waals surface area contributed by atoms with Crippen molar-refractivity contribution in [3.8, 4) is 17.1 Å². The highest BCUT2D eigenvalue weighted by Crippen LogP contribution is 2.27. The van der Waals surface area contributed by atoms with E-state index in [4.69, 9.17) is 4.74 Å². The van der Waals surface area contributed by atoms with Crippen LogP contribution in [0.2, 0.25) is 0 Å². The summed E-state index contributed by atoms with van der Waals surface area (Å²) in [5.41, 5.74) is 4.97. The second-order valence-electron chi connectivity index (χ2n) is 8.25. The van der Waals surface area contributed by atoms with Crippen LogP contribution in [-0.4, -0.2) is 33.5 Å². The van der Waals surface area contributed by atoms with Gasteiger partial charge in [-0.05, 0) is 73.6 Å². The molecule has 172 valence electrons. The summed E-state index contributed by atoms with van der Waals surface area (Å²) in [6.07, 6.45) is 6.62. The number of hydrogen-bond donors (Lipinski definition) is 1. The number of carbonyl (C=O) groups is 1. The molecule has 0 fully saturated rings. The summed E-state index contributed by atoms with van der Waals surface area (Å²) in [6.45, 7) is 6.45. The van der Waals surface area contributed by atoms with Crippen LogP contribution in [0.25, 0.3) is 11.4 Å². The molecule has 6 nitrogen and oxygen atoms in total. The van der Waals surface area contributed by atoms with Crippen molar-refractivity contribution >= 4 is 17.7 Å². The van der Waals surface area contributed by atoms with Gasteiger partial charge in [0.15, 0.2) is 11.0 Å². The molecule has 0 spiro atoms. The maximum absolute atomic E-state index is 12.7. The van der Waals surface area contributed by atoms with Crippen molar-refractivity contribution in [2.45, 2.75) is 50.4 Å². The smallest absolute Gasteiger partial charge is 0.230 e. The zero-order valence-electron chi connectivity index (χ0n) is 19.2. The normalized spacial score (nSPS) is 13.8. The molecule has 1 N–H and O–H groups in total. The minimum atomic E-state index is -0.0359. The number of aromatic nitrogens is 3. The minimum Gasteiger partial charge on any atom is -0.497 e. The predicted octanol–water partition coefficient (Wildman–Crippen LogP) is 4.99. The van der Waals surface area contributed by atoms with Gasteiger partial charge in [-0.25, -0.2) is 0 Å². The lowest BCUT2D eigenvalue weighted by molar-refractivity contribution is -0.119. The zero-order valence-corrected chi connectivity index (χ0v) is 20.0. The average Bonchev–Trinajstić information content (AvgIpc) is 3.25. The number of aryl methyl sites for hydroxylation is 2. The number of methoxy groups -OCH3 is 1. The quantitative estimate of drug-likeness (QED) is 0.358. The second kappa shape index (κ2) is 10.7. The van der Waals surface area contributed by atoms with Crippen molar-refractivity contribution in [1.82, 2.24) is 20.1 Å². The third-order valence-electron chi connectivity index (χ3n) is 5.96. The molecule has 33 heavy (non-hydrogen) atoms. The molecule has 2 aromatic carbocycles. The molecule has 0 saturated carbocycles. The fourth-order valence-electron chi connectivity index (χ4n) is 4.16. The molecule has 1 aliphatic carbocycles. The van der Waals surface area contributed by atoms with Crippen LogP contribution >= 0.6 is 11.8 Å². The molecule has 1 heterocycles. The SMILES string of the molecule is C=CCn1c(SCC(=O)NC(C)c2ccc3c(c2)CCCC3)nnc1-c1ccc(OC)cc1. The Morgan fingerprint density at radius 3 is 2.67 bits per heavy atom. The Balaban J connectivity index is 1.40. The predicted molar refractivity (Wildman–Crippen MR) is 133 cm³/mol. The lowest BCUT2D eigenvalue weighted by Gasteiger charge is -2.20. The maximum Gasteiger partial charge on any atom is 0.230 e. The summed E-state index contributed by atoms with van der Waals surface area (Å²) < 4.78 is 7.21. The molecular formula is C26H30N4O2S. The van der Waals surface area contributed by atoms with Gasteiger partial charge in [0, 0.05) is 12.1 Å². The molecule has 0 saturated heterocycles. The van der Waals surface area contributed by atoms with Crippen LogP contribution in [-0.2, 0) is 24.2 Å². The van der Waals surface area contributed by atoms with Crippen LogP contribution in [0, 0.1) is 0 Å². The summed E-state index contributed by atoms with van der Waals surface area (Å²) in [5, 5.41) is 12.5. The molecule has 7 heteroatoms. The molecule has 0 bridgehead atoms. The van der Waals surface area contributed by atoms with Gasteiger partial charge in [-0.3, -0.25) is 9.36 Å². The van der Waals surface area contributed by atoms with Crippen molar-refractivity contribution < 1.29 is 9.53 Å². The molecule has 1 atom stereocenters. The van der Waals surface area contributed by atoms with Crippen molar-refractivity contribution in [3.05, 3.63) is 71.8 Å². The third kappa shape index (κ3) is 5.47. The number of nitrogens with one attached hydrogen (secondary N) is 1. The highest BCUT2D eigenvalue weighted by atomic mass is 32.2. The van der Waals surface area contributed by atoms with Gasteiger partial charge in [-0.1, -0.05) is 36.0 Å². The summed E-state index contributed by atoms with van der Waals surface area (Å²) >= 11 is 1.38. The van der Waals surface area contributed by atoms with Gasteiger partial charge in [0.05, 0.1) is 18.9 Å². The van der Waals surface area contributed by atoms with Crippen LogP contribution in [0.1, 0.15) is 42.5 Å². The summed E-state index contributed by atoms with van der Waals surface area (Å²) in [5.74, 6) is 1.77. The summed E-state index contributed by atoms with van der Waals surface area (Å²) in [4.78, 5) is 12.7. The van der Waals surface area contributed by atoms with Gasteiger partial charge in [0.25, 0.3) is 0 Å². The Bertz CT molecular complexity index is 1120. The molecule has 1 unspecified atom stereocenters. The first-order chi connectivity index (χ1) is 16.1. The Morgan fingerprint density at radius 1 is 1.18 bits per heavy atom. The number of nitrogens with zero attached hydrogens (tertiary/aromatic N) is 3. The monoisotopic (exact) mass is 462 g/mol. The number of thioether (sulfide) groups is 1. The Morgan fingerprint density at radius 2 is 1.94 bits per heavy atom. The maximum atomic E-state index is 12.7. The van der Waals surface area contributed by atoms with E-state index in [1.807, 2.05) is 35.8 Å². The van der Waals surface area contributed by atoms with Crippen LogP contribution in [0.3, 0.4) is 0 Å². The van der Waals surface area contributed by atoms with E-state index < -0.39 is 0 Å². The van der Waals surface area contributed by atoms with Gasteiger partial charge >= 0.3 is 0 Å². The summed E-state index contributed by atoms with van der Waals surface area (Å²) in [6, 6.07) is 14.3. The van der Waals surface area contributed by atoms with E-state index in [1.54, 1.807) is 13.2 Å². The van der Waals surface area contributed by atoms with E-state index in [1.165, 1.54) is 35.7 Å². The van der Waals surface area contributed by atoms with Crippen LogP contribution < -0.4 is 10.1 Å². The Kier molecular flexibility index (Phi) is 7.50. The molecule has 1 amide bonds. The molecular weight excluding hydrogens is 432 g/mol. The molecule has 3 aromatic rings. The molecule has 0 aliphatic heterocycles. The van der Waals surface area contributed by atoms with Crippen molar-refractivity contribution in [2.24, 2.45) is 0 Å². The van der Waals surface area contributed by atoms with E-state index in [0.717, 1.165) is 35.5 Å². The van der Waals surface area contributed by atoms with E-state index in [0.29, 0.717) is 11.7 Å². The molecule has 0 radical (unpaired) electrons. The summed E-state index contributed by atoms with van der Waals surface area (Å²) in [7, 11) is 1.64. The third-order valence-corrected chi connectivity index (χ3v) is 6.93. The van der Waals surface area contributed by atoms with Crippen LogP contribution in [0.15, 0.2) is 60.3 Å². The highest BCUT2D eigenvalue weighted by molar-refractivity contribution is 7.99. The first kappa shape index (κ1) is 23.1. The topological polar surface area (TPSA) is 69.0 Å². The van der Waals surface area contributed by atoms with E-state index in [2.05, 4.69) is 40.3 Å². The number of amides is 1. The zero-order chi connectivity index (χ0) is 23.2. The van der Waals surface area contributed by atoms with Gasteiger partial charge in [-0.15, -0.1) is 16.8 Å². The molecule has 4 rings (SSSR count). The molecule has 1 aromatic heterocycles. The Hall–Kier alpha value is -3.06. The van der Waals surface area contributed by atoms with E-state index >= 15 is 0 Å². The fraction of sp³-hybridized carbons (Fsp3) is 0.346. The van der Waals surface area contributed by atoms with E-state index in [9.17, 15) is 4.79 Å². The van der Waals surface area contributed by atoms with E-state index in [-0.39, 0.29) is 17.7 Å². The van der Waals surface area contributed by atoms with Gasteiger partial charge < -0.3 is 10.1 Å². The van der Waals surface area contributed by atoms with Crippen molar-refractivity contribution in [1.29, 1.82) is 0 Å². The van der Waals surface area contributed by atoms with Gasteiger partial charge in [0.1, 0.15) is 5.75 Å². The first-order valence-corrected chi connectivity index (χ1v) is 12.3. The standard InChI is InChI=1S/C26H30N4O2S/c1-4-15-30-25(20-11-13-23(32-3)14-12-20)28-29-26(30)33-17-24(31)27-18(2)21-10-9-19-7-5-6-8-22(19)16-21/h4,9-14,16,18H,1,5-8,15,17H2,2-3H3,(H,27,31). The number of ether oxygens (including phenoxy) is 1. The first-order valence-electron chi connectivity index (χ1n) is 11.3. The number of benzene rings is 2. The van der Waals surface area contributed by atoms with Gasteiger partial charge in [-0.2, -0.15) is 0 Å². The van der Waals surface area contributed by atoms with Crippen molar-refractivity contribution in [3.63, 3.8) is 0 Å². The fourth-order valence-corrected chi connectivity index (χ4v) is 4.92. The Labute approximate surface area is 199 Å². The van der Waals surface area contributed by atoms with Crippen LogP contribution in [0.4, 0.5) is 0 Å². The van der Waals surface area contributed by atoms with Crippen molar-refractivity contribution in [2.75, 3.05) is 12.9 Å². The minimum absolute atomic E-state index is 0.0237. The highest BCUT2D eigenvalue weighted by Gasteiger charge is 2.17. The lowest BCUT2D eigenvalue weighted by atomic mass is 9.89. The number of fused-ring (bicyclic) bond motifs is 1. The number of rotatable bonds is 9. The number of allylic oxidation sites excluding steroid dienone is 1. The second-order valence-corrected chi connectivity index (χ2v) is 9.19.